The molecule has 0 spiro atoms. The van der Waals surface area contributed by atoms with Gasteiger partial charge in [0.15, 0.2) is 0 Å². The second kappa shape index (κ2) is 19.5. The average Bonchev–Trinajstić information content (AvgIpc) is 2.72. The Bertz CT molecular complexity index is 433. The highest BCUT2D eigenvalue weighted by molar-refractivity contribution is 5.23. The Labute approximate surface area is 177 Å². The minimum Gasteiger partial charge on any atom is -0.0654 e. The summed E-state index contributed by atoms with van der Waals surface area (Å²) in [4.78, 5) is 0. The van der Waals surface area contributed by atoms with Gasteiger partial charge >= 0.3 is 0 Å². The summed E-state index contributed by atoms with van der Waals surface area (Å²) < 4.78 is 0. The van der Waals surface area contributed by atoms with Crippen LogP contribution in [0.15, 0.2) is 24.3 Å². The zero-order chi connectivity index (χ0) is 20.1. The van der Waals surface area contributed by atoms with Crippen LogP contribution < -0.4 is 0 Å². The van der Waals surface area contributed by atoms with Crippen LogP contribution in [0.3, 0.4) is 0 Å². The lowest BCUT2D eigenvalue weighted by atomic mass is 9.99. The van der Waals surface area contributed by atoms with Gasteiger partial charge in [-0.1, -0.05) is 141 Å². The molecule has 1 aromatic rings. The maximum Gasteiger partial charge on any atom is -0.0279 e. The van der Waals surface area contributed by atoms with Crippen molar-refractivity contribution >= 4 is 0 Å². The van der Waals surface area contributed by atoms with Crippen molar-refractivity contribution in [2.24, 2.45) is 0 Å². The molecule has 1 aromatic carbocycles. The molecular formula is C28H50. The molecule has 1 rings (SSSR count). The van der Waals surface area contributed by atoms with Gasteiger partial charge in [0.25, 0.3) is 0 Å². The molecule has 0 saturated carbocycles. The fraction of sp³-hybridized carbons (Fsp3) is 0.786. The first-order chi connectivity index (χ1) is 13.9. The van der Waals surface area contributed by atoms with Crippen LogP contribution in [0.2, 0.25) is 0 Å². The molecule has 0 aromatic heterocycles. The fourth-order valence-corrected chi connectivity index (χ4v) is 4.22. The van der Waals surface area contributed by atoms with Crippen LogP contribution in [0.4, 0.5) is 0 Å². The van der Waals surface area contributed by atoms with E-state index in [1.54, 1.807) is 11.1 Å². The molecule has 0 fully saturated rings. The molecule has 0 aliphatic heterocycles. The topological polar surface area (TPSA) is 0 Å². The summed E-state index contributed by atoms with van der Waals surface area (Å²) in [7, 11) is 0. The van der Waals surface area contributed by atoms with Crippen molar-refractivity contribution in [2.45, 2.75) is 142 Å². The molecule has 0 aliphatic rings. The minimum absolute atomic E-state index is 1.28. The Balaban J connectivity index is 1.99. The molecule has 0 aliphatic carbocycles. The van der Waals surface area contributed by atoms with Crippen molar-refractivity contribution < 1.29 is 0 Å². The van der Waals surface area contributed by atoms with Crippen LogP contribution >= 0.6 is 0 Å². The first-order valence-electron chi connectivity index (χ1n) is 12.9. The lowest BCUT2D eigenvalue weighted by Crippen LogP contribution is -1.91. The number of hydrogen-bond donors (Lipinski definition) is 0. The van der Waals surface area contributed by atoms with Crippen LogP contribution in [0.25, 0.3) is 0 Å². The molecule has 162 valence electrons. The first-order valence-corrected chi connectivity index (χ1v) is 12.9. The Morgan fingerprint density at radius 3 is 1.11 bits per heavy atom. The molecule has 0 heterocycles. The maximum atomic E-state index is 2.48. The lowest BCUT2D eigenvalue weighted by molar-refractivity contribution is 0.556. The predicted molar refractivity (Wildman–Crippen MR) is 128 cm³/mol. The quantitative estimate of drug-likeness (QED) is 0.196. The second-order valence-corrected chi connectivity index (χ2v) is 8.98. The number of aryl methyl sites for hydroxylation is 2. The molecular weight excluding hydrogens is 336 g/mol. The van der Waals surface area contributed by atoms with E-state index in [9.17, 15) is 0 Å². The van der Waals surface area contributed by atoms with Crippen molar-refractivity contribution in [3.8, 4) is 0 Å². The zero-order valence-corrected chi connectivity index (χ0v) is 19.5. The van der Waals surface area contributed by atoms with E-state index in [4.69, 9.17) is 0 Å². The summed E-state index contributed by atoms with van der Waals surface area (Å²) in [6.45, 7) is 4.59. The van der Waals surface area contributed by atoms with E-state index in [0.29, 0.717) is 0 Å². The number of rotatable bonds is 20. The summed E-state index contributed by atoms with van der Waals surface area (Å²) in [6.07, 6.45) is 28.2. The molecule has 0 amide bonds. The van der Waals surface area contributed by atoms with E-state index in [-0.39, 0.29) is 0 Å². The highest BCUT2D eigenvalue weighted by atomic mass is 14.0. The van der Waals surface area contributed by atoms with Crippen molar-refractivity contribution in [3.63, 3.8) is 0 Å². The molecule has 0 atom stereocenters. The largest absolute Gasteiger partial charge is 0.0654 e. The minimum atomic E-state index is 1.28. The molecule has 0 unspecified atom stereocenters. The van der Waals surface area contributed by atoms with Crippen molar-refractivity contribution in [1.82, 2.24) is 0 Å². The monoisotopic (exact) mass is 386 g/mol. The maximum absolute atomic E-state index is 2.48. The zero-order valence-electron chi connectivity index (χ0n) is 19.5. The van der Waals surface area contributed by atoms with Gasteiger partial charge in [0, 0.05) is 0 Å². The van der Waals surface area contributed by atoms with Gasteiger partial charge in [-0.3, -0.25) is 0 Å². The molecule has 0 N–H and O–H groups in total. The van der Waals surface area contributed by atoms with E-state index in [1.165, 1.54) is 128 Å². The van der Waals surface area contributed by atoms with Crippen molar-refractivity contribution in [2.75, 3.05) is 0 Å². The number of benzene rings is 1. The van der Waals surface area contributed by atoms with E-state index in [2.05, 4.69) is 38.1 Å². The third kappa shape index (κ3) is 15.2. The normalized spacial score (nSPS) is 11.2. The van der Waals surface area contributed by atoms with Crippen LogP contribution in [0, 0.1) is 0 Å². The van der Waals surface area contributed by atoms with Crippen LogP contribution in [-0.4, -0.2) is 0 Å². The van der Waals surface area contributed by atoms with Gasteiger partial charge < -0.3 is 0 Å². The first kappa shape index (κ1) is 25.3. The van der Waals surface area contributed by atoms with Gasteiger partial charge in [-0.05, 0) is 36.8 Å². The molecule has 0 nitrogen and oxygen atoms in total. The Morgan fingerprint density at radius 1 is 0.429 bits per heavy atom. The summed E-state index contributed by atoms with van der Waals surface area (Å²) in [5.41, 5.74) is 3.13. The van der Waals surface area contributed by atoms with Gasteiger partial charge in [-0.25, -0.2) is 0 Å². The van der Waals surface area contributed by atoms with Gasteiger partial charge in [-0.2, -0.15) is 0 Å². The van der Waals surface area contributed by atoms with Crippen LogP contribution in [0.1, 0.15) is 141 Å². The highest BCUT2D eigenvalue weighted by Crippen LogP contribution is 2.15. The fourth-order valence-electron chi connectivity index (χ4n) is 4.22. The van der Waals surface area contributed by atoms with Crippen molar-refractivity contribution in [3.05, 3.63) is 35.4 Å². The summed E-state index contributed by atoms with van der Waals surface area (Å²) in [5.74, 6) is 0. The third-order valence-electron chi connectivity index (χ3n) is 6.13. The second-order valence-electron chi connectivity index (χ2n) is 8.98. The third-order valence-corrected chi connectivity index (χ3v) is 6.13. The van der Waals surface area contributed by atoms with Gasteiger partial charge in [0.2, 0.25) is 0 Å². The number of hydrogen-bond acceptors (Lipinski definition) is 0. The molecule has 0 heteroatoms. The predicted octanol–water partition coefficient (Wildman–Crippen LogP) is 9.83. The Morgan fingerprint density at radius 2 is 0.750 bits per heavy atom. The molecule has 28 heavy (non-hydrogen) atoms. The number of unbranched alkanes of at least 4 members (excludes halogenated alkanes) is 16. The smallest absolute Gasteiger partial charge is 0.0279 e. The molecule has 0 bridgehead atoms. The Hall–Kier alpha value is -0.780. The SMILES string of the molecule is CCCCCCCCCCCCc1cccc(CCCCCCCCCC)c1. The Kier molecular flexibility index (Phi) is 17.6. The summed E-state index contributed by atoms with van der Waals surface area (Å²) in [5, 5.41) is 0. The van der Waals surface area contributed by atoms with E-state index in [1.807, 2.05) is 0 Å². The molecule has 0 saturated heterocycles. The van der Waals surface area contributed by atoms with Crippen LogP contribution in [0.5, 0.6) is 0 Å². The van der Waals surface area contributed by atoms with E-state index >= 15 is 0 Å². The van der Waals surface area contributed by atoms with Crippen molar-refractivity contribution in [1.29, 1.82) is 0 Å². The summed E-state index contributed by atoms with van der Waals surface area (Å²) >= 11 is 0. The van der Waals surface area contributed by atoms with E-state index < -0.39 is 0 Å². The highest BCUT2D eigenvalue weighted by Gasteiger charge is 1.99. The van der Waals surface area contributed by atoms with Gasteiger partial charge in [0.1, 0.15) is 0 Å². The van der Waals surface area contributed by atoms with Gasteiger partial charge in [0.05, 0.1) is 0 Å². The lowest BCUT2D eigenvalue weighted by Gasteiger charge is -2.06. The summed E-state index contributed by atoms with van der Waals surface area (Å²) in [6, 6.07) is 9.44. The molecule has 0 radical (unpaired) electrons. The standard InChI is InChI=1S/C28H50/c1-3-5-7-9-11-13-14-16-18-20-23-28-25-21-24-27(26-28)22-19-17-15-12-10-8-6-4-2/h21,24-26H,3-20,22-23H2,1-2H3. The van der Waals surface area contributed by atoms with E-state index in [0.717, 1.165) is 0 Å². The van der Waals surface area contributed by atoms with Gasteiger partial charge in [-0.15, -0.1) is 0 Å². The average molecular weight is 387 g/mol. The van der Waals surface area contributed by atoms with Crippen LogP contribution in [-0.2, 0) is 12.8 Å².